The van der Waals surface area contributed by atoms with Gasteiger partial charge in [-0.3, -0.25) is 0 Å². The summed E-state index contributed by atoms with van der Waals surface area (Å²) in [5, 5.41) is 0. The zero-order valence-corrected chi connectivity index (χ0v) is 11.8. The topological polar surface area (TPSA) is 80.0 Å². The van der Waals surface area contributed by atoms with E-state index < -0.39 is 12.1 Å². The van der Waals surface area contributed by atoms with E-state index in [1.165, 1.54) is 7.11 Å². The molecule has 2 atom stereocenters. The smallest absolute Gasteiger partial charge is 0.346 e. The minimum absolute atomic E-state index is 0.0360. The molecule has 0 amide bonds. The highest BCUT2D eigenvalue weighted by molar-refractivity contribution is 5.74. The zero-order chi connectivity index (χ0) is 14.7. The van der Waals surface area contributed by atoms with E-state index in [-0.39, 0.29) is 12.8 Å². The molecule has 0 bridgehead atoms. The van der Waals surface area contributed by atoms with Gasteiger partial charge in [-0.15, -0.1) is 0 Å². The van der Waals surface area contributed by atoms with Gasteiger partial charge >= 0.3 is 5.97 Å². The van der Waals surface area contributed by atoms with Crippen LogP contribution in [0.4, 0.5) is 0 Å². The number of carbonyl (C=O) groups is 1. The van der Waals surface area contributed by atoms with Gasteiger partial charge in [0, 0.05) is 12.1 Å². The molecular formula is C14H19NO5. The second-order valence-corrected chi connectivity index (χ2v) is 4.78. The zero-order valence-electron chi connectivity index (χ0n) is 11.8. The van der Waals surface area contributed by atoms with Gasteiger partial charge in [0.15, 0.2) is 17.6 Å². The van der Waals surface area contributed by atoms with E-state index in [1.807, 2.05) is 13.0 Å². The molecule has 0 aromatic heterocycles. The summed E-state index contributed by atoms with van der Waals surface area (Å²) in [5.41, 5.74) is 6.71. The van der Waals surface area contributed by atoms with Crippen molar-refractivity contribution in [2.75, 3.05) is 13.9 Å². The first-order valence-corrected chi connectivity index (χ1v) is 6.44. The van der Waals surface area contributed by atoms with Crippen LogP contribution in [0, 0.1) is 0 Å². The van der Waals surface area contributed by atoms with Crippen LogP contribution >= 0.6 is 0 Å². The summed E-state index contributed by atoms with van der Waals surface area (Å²) in [7, 11) is 1.32. The molecule has 0 saturated carbocycles. The SMILES string of the molecule is COC(=O)C(C)Oc1cc2c(cc1CC(C)N)OCO2. The van der Waals surface area contributed by atoms with Crippen molar-refractivity contribution in [3.05, 3.63) is 17.7 Å². The van der Waals surface area contributed by atoms with Crippen LogP contribution in [0.5, 0.6) is 17.2 Å². The number of esters is 1. The number of hydrogen-bond acceptors (Lipinski definition) is 6. The van der Waals surface area contributed by atoms with E-state index in [0.717, 1.165) is 5.56 Å². The Morgan fingerprint density at radius 3 is 2.60 bits per heavy atom. The average molecular weight is 281 g/mol. The van der Waals surface area contributed by atoms with E-state index >= 15 is 0 Å². The molecule has 2 N–H and O–H groups in total. The van der Waals surface area contributed by atoms with Crippen LogP contribution in [0.3, 0.4) is 0 Å². The third-order valence-electron chi connectivity index (χ3n) is 2.93. The highest BCUT2D eigenvalue weighted by atomic mass is 16.7. The van der Waals surface area contributed by atoms with Gasteiger partial charge in [-0.25, -0.2) is 4.79 Å². The van der Waals surface area contributed by atoms with Crippen LogP contribution in [-0.4, -0.2) is 32.0 Å². The van der Waals surface area contributed by atoms with E-state index in [9.17, 15) is 4.79 Å². The minimum atomic E-state index is -0.702. The second kappa shape index (κ2) is 6.00. The maximum atomic E-state index is 11.5. The van der Waals surface area contributed by atoms with E-state index in [2.05, 4.69) is 4.74 Å². The Kier molecular flexibility index (Phi) is 4.34. The summed E-state index contributed by atoms with van der Waals surface area (Å²) in [4.78, 5) is 11.5. The molecule has 1 aliphatic heterocycles. The molecule has 20 heavy (non-hydrogen) atoms. The molecule has 1 aromatic rings. The quantitative estimate of drug-likeness (QED) is 0.818. The van der Waals surface area contributed by atoms with Gasteiger partial charge in [-0.05, 0) is 31.9 Å². The minimum Gasteiger partial charge on any atom is -0.479 e. The summed E-state index contributed by atoms with van der Waals surface area (Å²) in [6, 6.07) is 3.52. The van der Waals surface area contributed by atoms with E-state index in [1.54, 1.807) is 13.0 Å². The Morgan fingerprint density at radius 1 is 1.35 bits per heavy atom. The Morgan fingerprint density at radius 2 is 2.00 bits per heavy atom. The predicted molar refractivity (Wildman–Crippen MR) is 72.0 cm³/mol. The molecule has 6 heteroatoms. The van der Waals surface area contributed by atoms with Crippen molar-refractivity contribution in [3.8, 4) is 17.2 Å². The lowest BCUT2D eigenvalue weighted by Gasteiger charge is -2.17. The molecule has 6 nitrogen and oxygen atoms in total. The van der Waals surface area contributed by atoms with E-state index in [0.29, 0.717) is 23.7 Å². The first-order valence-electron chi connectivity index (χ1n) is 6.44. The summed E-state index contributed by atoms with van der Waals surface area (Å²) < 4.78 is 21.0. The van der Waals surface area contributed by atoms with Crippen LogP contribution in [0.25, 0.3) is 0 Å². The van der Waals surface area contributed by atoms with Crippen molar-refractivity contribution in [2.45, 2.75) is 32.4 Å². The molecule has 2 rings (SSSR count). The maximum Gasteiger partial charge on any atom is 0.346 e. The van der Waals surface area contributed by atoms with Crippen LogP contribution in [-0.2, 0) is 16.0 Å². The molecule has 110 valence electrons. The standard InChI is InChI=1S/C14H19NO5/c1-8(15)4-10-5-12-13(19-7-18-12)6-11(10)20-9(2)14(16)17-3/h5-6,8-9H,4,7,15H2,1-3H3. The van der Waals surface area contributed by atoms with Gasteiger partial charge in [-0.1, -0.05) is 0 Å². The second-order valence-electron chi connectivity index (χ2n) is 4.78. The predicted octanol–water partition coefficient (Wildman–Crippen LogP) is 1.25. The molecule has 2 unspecified atom stereocenters. The lowest BCUT2D eigenvalue weighted by molar-refractivity contribution is -0.147. The van der Waals surface area contributed by atoms with Crippen LogP contribution < -0.4 is 19.9 Å². The highest BCUT2D eigenvalue weighted by Crippen LogP contribution is 2.38. The molecular weight excluding hydrogens is 262 g/mol. The number of benzene rings is 1. The van der Waals surface area contributed by atoms with Crippen molar-refractivity contribution >= 4 is 5.97 Å². The number of hydrogen-bond donors (Lipinski definition) is 1. The number of nitrogens with two attached hydrogens (primary N) is 1. The van der Waals surface area contributed by atoms with Gasteiger partial charge < -0.3 is 24.7 Å². The van der Waals surface area contributed by atoms with Crippen molar-refractivity contribution in [3.63, 3.8) is 0 Å². The van der Waals surface area contributed by atoms with Gasteiger partial charge in [-0.2, -0.15) is 0 Å². The van der Waals surface area contributed by atoms with Gasteiger partial charge in [0.1, 0.15) is 5.75 Å². The Bertz CT molecular complexity index is 501. The number of carbonyl (C=O) groups excluding carboxylic acids is 1. The van der Waals surface area contributed by atoms with Crippen molar-refractivity contribution in [1.82, 2.24) is 0 Å². The summed E-state index contributed by atoms with van der Waals surface area (Å²) >= 11 is 0. The number of rotatable bonds is 5. The molecule has 1 aliphatic rings. The Labute approximate surface area is 117 Å². The largest absolute Gasteiger partial charge is 0.479 e. The molecule has 0 aliphatic carbocycles. The fraction of sp³-hybridized carbons (Fsp3) is 0.500. The first-order chi connectivity index (χ1) is 9.51. The Hall–Kier alpha value is -1.95. The number of fused-ring (bicyclic) bond motifs is 1. The fourth-order valence-corrected chi connectivity index (χ4v) is 1.99. The fourth-order valence-electron chi connectivity index (χ4n) is 1.99. The van der Waals surface area contributed by atoms with Gasteiger partial charge in [0.2, 0.25) is 6.79 Å². The summed E-state index contributed by atoms with van der Waals surface area (Å²) in [5.74, 6) is 1.39. The van der Waals surface area contributed by atoms with Gasteiger partial charge in [0.25, 0.3) is 0 Å². The first kappa shape index (κ1) is 14.5. The van der Waals surface area contributed by atoms with Crippen molar-refractivity contribution in [2.24, 2.45) is 5.73 Å². The Balaban J connectivity index is 2.27. The lowest BCUT2D eigenvalue weighted by Crippen LogP contribution is -2.26. The average Bonchev–Trinajstić information content (AvgIpc) is 2.84. The third kappa shape index (κ3) is 3.14. The van der Waals surface area contributed by atoms with E-state index in [4.69, 9.17) is 19.9 Å². The van der Waals surface area contributed by atoms with Crippen molar-refractivity contribution < 1.29 is 23.7 Å². The number of ether oxygens (including phenoxy) is 4. The summed E-state index contributed by atoms with van der Waals surface area (Å²) in [6.07, 6.45) is -0.0907. The number of methoxy groups -OCH3 is 1. The normalized spacial score (nSPS) is 15.6. The lowest BCUT2D eigenvalue weighted by atomic mass is 10.1. The molecule has 1 aromatic carbocycles. The van der Waals surface area contributed by atoms with Crippen molar-refractivity contribution in [1.29, 1.82) is 0 Å². The van der Waals surface area contributed by atoms with Crippen LogP contribution in [0.2, 0.25) is 0 Å². The molecule has 1 heterocycles. The van der Waals surface area contributed by atoms with Crippen LogP contribution in [0.1, 0.15) is 19.4 Å². The monoisotopic (exact) mass is 281 g/mol. The molecule has 0 radical (unpaired) electrons. The third-order valence-corrected chi connectivity index (χ3v) is 2.93. The molecule has 0 fully saturated rings. The molecule has 0 spiro atoms. The summed E-state index contributed by atoms with van der Waals surface area (Å²) in [6.45, 7) is 3.72. The maximum absolute atomic E-state index is 11.5. The van der Waals surface area contributed by atoms with Crippen LogP contribution in [0.15, 0.2) is 12.1 Å². The van der Waals surface area contributed by atoms with Gasteiger partial charge in [0.05, 0.1) is 7.11 Å². The highest BCUT2D eigenvalue weighted by Gasteiger charge is 2.22. The molecule has 0 saturated heterocycles.